The highest BCUT2D eigenvalue weighted by atomic mass is 16.5. The lowest BCUT2D eigenvalue weighted by Gasteiger charge is -2.21. The number of pyridine rings is 1. The standard InChI is InChI=1S/C22H20N2O2/c1-16-6-5-9-18(14-16)22(25)24-12-13-26-21-20(15-24)19(10-11-23-21)17-7-3-2-4-8-17/h2-11,14H,12-13,15H2,1H3. The Balaban J connectivity index is 1.71. The second kappa shape index (κ2) is 7.00. The quantitative estimate of drug-likeness (QED) is 0.703. The third-order valence-electron chi connectivity index (χ3n) is 4.60. The summed E-state index contributed by atoms with van der Waals surface area (Å²) in [4.78, 5) is 19.2. The fraction of sp³-hybridized carbons (Fsp3) is 0.182. The molecule has 4 rings (SSSR count). The summed E-state index contributed by atoms with van der Waals surface area (Å²) >= 11 is 0. The Morgan fingerprint density at radius 1 is 1.08 bits per heavy atom. The van der Waals surface area contributed by atoms with Crippen molar-refractivity contribution in [2.45, 2.75) is 13.5 Å². The third-order valence-corrected chi connectivity index (χ3v) is 4.60. The van der Waals surface area contributed by atoms with Crippen LogP contribution in [0.15, 0.2) is 66.9 Å². The molecule has 0 spiro atoms. The smallest absolute Gasteiger partial charge is 0.254 e. The molecule has 1 aromatic heterocycles. The van der Waals surface area contributed by atoms with E-state index in [0.29, 0.717) is 31.1 Å². The number of hydrogen-bond acceptors (Lipinski definition) is 3. The Kier molecular flexibility index (Phi) is 4.40. The summed E-state index contributed by atoms with van der Waals surface area (Å²) in [6.07, 6.45) is 1.76. The number of rotatable bonds is 2. The van der Waals surface area contributed by atoms with E-state index in [1.165, 1.54) is 0 Å². The molecule has 26 heavy (non-hydrogen) atoms. The highest BCUT2D eigenvalue weighted by Crippen LogP contribution is 2.32. The molecule has 0 saturated carbocycles. The zero-order valence-corrected chi connectivity index (χ0v) is 14.7. The zero-order valence-electron chi connectivity index (χ0n) is 14.7. The minimum atomic E-state index is 0.0213. The van der Waals surface area contributed by atoms with Crippen LogP contribution in [0, 0.1) is 6.92 Å². The van der Waals surface area contributed by atoms with E-state index in [4.69, 9.17) is 4.74 Å². The van der Waals surface area contributed by atoms with E-state index >= 15 is 0 Å². The van der Waals surface area contributed by atoms with E-state index in [-0.39, 0.29) is 5.91 Å². The molecular weight excluding hydrogens is 324 g/mol. The first-order valence-electron chi connectivity index (χ1n) is 8.74. The van der Waals surface area contributed by atoms with Crippen molar-refractivity contribution in [1.29, 1.82) is 0 Å². The molecule has 0 saturated heterocycles. The maximum atomic E-state index is 13.0. The number of fused-ring (bicyclic) bond motifs is 1. The molecule has 4 nitrogen and oxygen atoms in total. The van der Waals surface area contributed by atoms with Gasteiger partial charge in [0.25, 0.3) is 5.91 Å². The Hall–Kier alpha value is -3.14. The van der Waals surface area contributed by atoms with Gasteiger partial charge in [0.15, 0.2) is 0 Å². The van der Waals surface area contributed by atoms with Gasteiger partial charge < -0.3 is 9.64 Å². The molecule has 0 atom stereocenters. The summed E-state index contributed by atoms with van der Waals surface area (Å²) in [6, 6.07) is 19.8. The van der Waals surface area contributed by atoms with Gasteiger partial charge >= 0.3 is 0 Å². The van der Waals surface area contributed by atoms with E-state index < -0.39 is 0 Å². The third kappa shape index (κ3) is 3.18. The number of aryl methyl sites for hydroxylation is 1. The van der Waals surface area contributed by atoms with Crippen LogP contribution in [0.25, 0.3) is 11.1 Å². The van der Waals surface area contributed by atoms with Crippen LogP contribution < -0.4 is 4.74 Å². The second-order valence-electron chi connectivity index (χ2n) is 6.45. The fourth-order valence-electron chi connectivity index (χ4n) is 3.30. The molecule has 4 heteroatoms. The maximum absolute atomic E-state index is 13.0. The monoisotopic (exact) mass is 344 g/mol. The largest absolute Gasteiger partial charge is 0.476 e. The topological polar surface area (TPSA) is 42.4 Å². The molecule has 2 aromatic carbocycles. The van der Waals surface area contributed by atoms with E-state index in [1.807, 2.05) is 60.4 Å². The summed E-state index contributed by atoms with van der Waals surface area (Å²) in [6.45, 7) is 3.46. The van der Waals surface area contributed by atoms with Crippen LogP contribution in [0.1, 0.15) is 21.5 Å². The van der Waals surface area contributed by atoms with Crippen LogP contribution in [-0.2, 0) is 6.54 Å². The van der Waals surface area contributed by atoms with Crippen LogP contribution in [0.4, 0.5) is 0 Å². The van der Waals surface area contributed by atoms with Crippen LogP contribution >= 0.6 is 0 Å². The molecule has 0 unspecified atom stereocenters. The predicted octanol–water partition coefficient (Wildman–Crippen LogP) is 4.09. The summed E-state index contributed by atoms with van der Waals surface area (Å²) in [5, 5.41) is 0. The molecular formula is C22H20N2O2. The fourth-order valence-corrected chi connectivity index (χ4v) is 3.30. The minimum Gasteiger partial charge on any atom is -0.476 e. The Morgan fingerprint density at radius 2 is 1.92 bits per heavy atom. The highest BCUT2D eigenvalue weighted by Gasteiger charge is 2.24. The van der Waals surface area contributed by atoms with E-state index in [1.54, 1.807) is 6.20 Å². The highest BCUT2D eigenvalue weighted by molar-refractivity contribution is 5.94. The van der Waals surface area contributed by atoms with E-state index in [2.05, 4.69) is 17.1 Å². The zero-order chi connectivity index (χ0) is 17.9. The van der Waals surface area contributed by atoms with Crippen molar-refractivity contribution in [1.82, 2.24) is 9.88 Å². The lowest BCUT2D eigenvalue weighted by molar-refractivity contribution is 0.0733. The van der Waals surface area contributed by atoms with Gasteiger partial charge in [-0.15, -0.1) is 0 Å². The van der Waals surface area contributed by atoms with Crippen molar-refractivity contribution < 1.29 is 9.53 Å². The molecule has 1 amide bonds. The van der Waals surface area contributed by atoms with Crippen molar-refractivity contribution in [2.75, 3.05) is 13.2 Å². The maximum Gasteiger partial charge on any atom is 0.254 e. The van der Waals surface area contributed by atoms with Gasteiger partial charge in [-0.25, -0.2) is 4.98 Å². The van der Waals surface area contributed by atoms with Gasteiger partial charge in [0.2, 0.25) is 5.88 Å². The van der Waals surface area contributed by atoms with Crippen molar-refractivity contribution in [3.63, 3.8) is 0 Å². The molecule has 0 bridgehead atoms. The minimum absolute atomic E-state index is 0.0213. The van der Waals surface area contributed by atoms with Gasteiger partial charge in [-0.1, -0.05) is 48.0 Å². The van der Waals surface area contributed by atoms with Crippen LogP contribution in [0.5, 0.6) is 5.88 Å². The van der Waals surface area contributed by atoms with E-state index in [9.17, 15) is 4.79 Å². The number of hydrogen-bond donors (Lipinski definition) is 0. The SMILES string of the molecule is Cc1cccc(C(=O)N2CCOc3nccc(-c4ccccc4)c3C2)c1. The number of ether oxygens (including phenoxy) is 1. The molecule has 130 valence electrons. The normalized spacial score (nSPS) is 13.5. The Labute approximate surface area is 153 Å². The molecule has 0 radical (unpaired) electrons. The van der Waals surface area contributed by atoms with Crippen LogP contribution in [0.3, 0.4) is 0 Å². The lowest BCUT2D eigenvalue weighted by Crippen LogP contribution is -2.32. The molecule has 0 N–H and O–H groups in total. The first kappa shape index (κ1) is 16.3. The predicted molar refractivity (Wildman–Crippen MR) is 101 cm³/mol. The first-order chi connectivity index (χ1) is 12.7. The van der Waals surface area contributed by atoms with Gasteiger partial charge in [-0.05, 0) is 36.2 Å². The molecule has 3 aromatic rings. The van der Waals surface area contributed by atoms with Crippen molar-refractivity contribution >= 4 is 5.91 Å². The molecule has 1 aliphatic rings. The first-order valence-corrected chi connectivity index (χ1v) is 8.74. The van der Waals surface area contributed by atoms with Crippen LogP contribution in [-0.4, -0.2) is 28.9 Å². The number of aromatic nitrogens is 1. The summed E-state index contributed by atoms with van der Waals surface area (Å²) in [5.74, 6) is 0.638. The average Bonchev–Trinajstić information content (AvgIpc) is 2.90. The molecule has 1 aliphatic heterocycles. The van der Waals surface area contributed by atoms with Crippen LogP contribution in [0.2, 0.25) is 0 Å². The number of carbonyl (C=O) groups is 1. The summed E-state index contributed by atoms with van der Waals surface area (Å²) < 4.78 is 5.85. The molecule has 0 fully saturated rings. The lowest BCUT2D eigenvalue weighted by atomic mass is 10.0. The van der Waals surface area contributed by atoms with Gasteiger partial charge in [0.05, 0.1) is 13.1 Å². The number of nitrogens with zero attached hydrogens (tertiary/aromatic N) is 2. The van der Waals surface area contributed by atoms with Crippen molar-refractivity contribution in [3.05, 3.63) is 83.6 Å². The summed E-state index contributed by atoms with van der Waals surface area (Å²) in [5.41, 5.74) is 4.89. The van der Waals surface area contributed by atoms with Crippen molar-refractivity contribution in [3.8, 4) is 17.0 Å². The molecule has 0 aliphatic carbocycles. The Bertz CT molecular complexity index is 938. The van der Waals surface area contributed by atoms with Gasteiger partial charge in [-0.2, -0.15) is 0 Å². The van der Waals surface area contributed by atoms with E-state index in [0.717, 1.165) is 22.3 Å². The average molecular weight is 344 g/mol. The van der Waals surface area contributed by atoms with Crippen molar-refractivity contribution in [2.24, 2.45) is 0 Å². The van der Waals surface area contributed by atoms with Gasteiger partial charge in [-0.3, -0.25) is 4.79 Å². The summed E-state index contributed by atoms with van der Waals surface area (Å²) in [7, 11) is 0. The number of amides is 1. The number of carbonyl (C=O) groups excluding carboxylic acids is 1. The van der Waals surface area contributed by atoms with Gasteiger partial charge in [0, 0.05) is 17.3 Å². The Morgan fingerprint density at radius 3 is 2.73 bits per heavy atom. The molecule has 2 heterocycles. The van der Waals surface area contributed by atoms with Gasteiger partial charge in [0.1, 0.15) is 6.61 Å². The number of benzene rings is 2. The second-order valence-corrected chi connectivity index (χ2v) is 6.45.